The normalized spacial score (nSPS) is 15.0. The third kappa shape index (κ3) is 4.83. The first kappa shape index (κ1) is 19.3. The van der Waals surface area contributed by atoms with Crippen LogP contribution in [0.3, 0.4) is 0 Å². The van der Waals surface area contributed by atoms with Crippen LogP contribution in [-0.2, 0) is 9.59 Å². The van der Waals surface area contributed by atoms with E-state index in [-0.39, 0.29) is 13.0 Å². The molecule has 0 saturated carbocycles. The van der Waals surface area contributed by atoms with Crippen molar-refractivity contribution in [3.05, 3.63) is 70.9 Å². The highest BCUT2D eigenvalue weighted by atomic mass is 32.2. The van der Waals surface area contributed by atoms with Gasteiger partial charge >= 0.3 is 0 Å². The molecule has 0 aliphatic carbocycles. The molecular formula is C19H16N4O4S. The lowest BCUT2D eigenvalue weighted by atomic mass is 10.2. The molecule has 0 spiro atoms. The quantitative estimate of drug-likeness (QED) is 0.591. The molecular weight excluding hydrogens is 380 g/mol. The number of imide groups is 1. The average Bonchev–Trinajstić information content (AvgIpc) is 2.98. The molecule has 1 aliphatic heterocycles. The Kier molecular flexibility index (Phi) is 6.18. The van der Waals surface area contributed by atoms with Crippen LogP contribution in [0.2, 0.25) is 0 Å². The van der Waals surface area contributed by atoms with E-state index in [1.54, 1.807) is 18.2 Å². The third-order valence-corrected chi connectivity index (χ3v) is 4.68. The van der Waals surface area contributed by atoms with E-state index in [0.29, 0.717) is 10.5 Å². The number of amides is 4. The van der Waals surface area contributed by atoms with E-state index in [0.717, 1.165) is 22.2 Å². The van der Waals surface area contributed by atoms with Crippen LogP contribution in [0.5, 0.6) is 0 Å². The Balaban J connectivity index is 1.50. The van der Waals surface area contributed by atoms with E-state index in [4.69, 9.17) is 0 Å². The second kappa shape index (κ2) is 8.96. The molecule has 8 nitrogen and oxygen atoms in total. The standard InChI is InChI=1S/C19H16N4O4S/c24-16(21-22-17(25)14-7-4-9-20-12-14)8-10-23-18(26)15(28-19(23)27)11-13-5-2-1-3-6-13/h1-7,9,11-12H,8,10H2,(H,21,24)(H,22,25)/b15-11-. The van der Waals surface area contributed by atoms with Crippen molar-refractivity contribution < 1.29 is 19.2 Å². The summed E-state index contributed by atoms with van der Waals surface area (Å²) in [5.41, 5.74) is 5.60. The molecule has 1 fully saturated rings. The van der Waals surface area contributed by atoms with Crippen molar-refractivity contribution in [3.8, 4) is 0 Å². The molecule has 3 rings (SSSR count). The molecule has 1 saturated heterocycles. The molecule has 0 atom stereocenters. The number of hydrogen-bond acceptors (Lipinski definition) is 6. The number of thioether (sulfide) groups is 1. The molecule has 142 valence electrons. The molecule has 2 aromatic rings. The van der Waals surface area contributed by atoms with Crippen LogP contribution in [0, 0.1) is 0 Å². The second-order valence-corrected chi connectivity index (χ2v) is 6.73. The number of pyridine rings is 1. The van der Waals surface area contributed by atoms with Crippen LogP contribution in [-0.4, -0.2) is 39.4 Å². The number of benzene rings is 1. The highest BCUT2D eigenvalue weighted by Gasteiger charge is 2.35. The molecule has 1 aliphatic rings. The van der Waals surface area contributed by atoms with Gasteiger partial charge in [-0.25, -0.2) is 0 Å². The molecule has 2 N–H and O–H groups in total. The number of nitrogens with zero attached hydrogens (tertiary/aromatic N) is 2. The molecule has 1 aromatic carbocycles. The summed E-state index contributed by atoms with van der Waals surface area (Å²) in [4.78, 5) is 53.3. The zero-order valence-electron chi connectivity index (χ0n) is 14.6. The van der Waals surface area contributed by atoms with Gasteiger partial charge in [-0.3, -0.25) is 39.9 Å². The van der Waals surface area contributed by atoms with E-state index in [9.17, 15) is 19.2 Å². The topological polar surface area (TPSA) is 108 Å². The summed E-state index contributed by atoms with van der Waals surface area (Å²) < 4.78 is 0. The molecule has 28 heavy (non-hydrogen) atoms. The lowest BCUT2D eigenvalue weighted by Gasteiger charge is -2.12. The SMILES string of the molecule is O=C(CCN1C(=O)S/C(=C\c2ccccc2)C1=O)NNC(=O)c1cccnc1. The van der Waals surface area contributed by atoms with Gasteiger partial charge in [0.15, 0.2) is 0 Å². The summed E-state index contributed by atoms with van der Waals surface area (Å²) >= 11 is 0.834. The fourth-order valence-corrected chi connectivity index (χ4v) is 3.23. The largest absolute Gasteiger partial charge is 0.293 e. The van der Waals surface area contributed by atoms with Crippen LogP contribution < -0.4 is 10.9 Å². The first-order valence-electron chi connectivity index (χ1n) is 8.34. The Labute approximate surface area is 165 Å². The Morgan fingerprint density at radius 3 is 2.57 bits per heavy atom. The predicted octanol–water partition coefficient (Wildman–Crippen LogP) is 1.97. The van der Waals surface area contributed by atoms with Gasteiger partial charge in [0.2, 0.25) is 5.91 Å². The third-order valence-electron chi connectivity index (χ3n) is 3.77. The summed E-state index contributed by atoms with van der Waals surface area (Å²) in [7, 11) is 0. The maximum absolute atomic E-state index is 12.4. The van der Waals surface area contributed by atoms with Crippen LogP contribution >= 0.6 is 11.8 Å². The Bertz CT molecular complexity index is 931. The molecule has 1 aromatic heterocycles. The van der Waals surface area contributed by atoms with Crippen LogP contribution in [0.15, 0.2) is 59.8 Å². The summed E-state index contributed by atoms with van der Waals surface area (Å²) in [6.07, 6.45) is 4.39. The highest BCUT2D eigenvalue weighted by molar-refractivity contribution is 8.18. The first-order chi connectivity index (χ1) is 13.5. The highest BCUT2D eigenvalue weighted by Crippen LogP contribution is 2.32. The average molecular weight is 396 g/mol. The Hall–Kier alpha value is -3.46. The van der Waals surface area contributed by atoms with Crippen LogP contribution in [0.1, 0.15) is 22.3 Å². The second-order valence-electron chi connectivity index (χ2n) is 5.74. The van der Waals surface area contributed by atoms with Gasteiger partial charge in [0, 0.05) is 25.4 Å². The minimum Gasteiger partial charge on any atom is -0.273 e. The van der Waals surface area contributed by atoms with Crippen LogP contribution in [0.4, 0.5) is 4.79 Å². The van der Waals surface area contributed by atoms with E-state index in [1.807, 2.05) is 30.3 Å². The zero-order valence-corrected chi connectivity index (χ0v) is 15.4. The van der Waals surface area contributed by atoms with Gasteiger partial charge in [-0.1, -0.05) is 30.3 Å². The lowest BCUT2D eigenvalue weighted by molar-refractivity contribution is -0.124. The number of hydrogen-bond donors (Lipinski definition) is 2. The van der Waals surface area contributed by atoms with E-state index < -0.39 is 23.0 Å². The van der Waals surface area contributed by atoms with Gasteiger partial charge in [0.25, 0.3) is 17.1 Å². The molecule has 4 amide bonds. The molecule has 0 radical (unpaired) electrons. The van der Waals surface area contributed by atoms with Gasteiger partial charge in [0.05, 0.1) is 10.5 Å². The summed E-state index contributed by atoms with van der Waals surface area (Å²) in [6.45, 7) is -0.0780. The molecule has 9 heteroatoms. The summed E-state index contributed by atoms with van der Waals surface area (Å²) in [6, 6.07) is 12.3. The van der Waals surface area contributed by atoms with Gasteiger partial charge in [0.1, 0.15) is 0 Å². The van der Waals surface area contributed by atoms with Crippen molar-refractivity contribution in [2.24, 2.45) is 0 Å². The van der Waals surface area contributed by atoms with E-state index in [2.05, 4.69) is 15.8 Å². The summed E-state index contributed by atoms with van der Waals surface area (Å²) in [5, 5.41) is -0.431. The Morgan fingerprint density at radius 1 is 1.07 bits per heavy atom. The number of nitrogens with one attached hydrogen (secondary N) is 2. The van der Waals surface area contributed by atoms with Crippen molar-refractivity contribution >= 4 is 40.8 Å². The van der Waals surface area contributed by atoms with Crippen molar-refractivity contribution in [2.75, 3.05) is 6.54 Å². The van der Waals surface area contributed by atoms with Gasteiger partial charge in [-0.05, 0) is 35.5 Å². The van der Waals surface area contributed by atoms with Crippen LogP contribution in [0.25, 0.3) is 6.08 Å². The molecule has 0 unspecified atom stereocenters. The minimum atomic E-state index is -0.525. The fraction of sp³-hybridized carbons (Fsp3) is 0.105. The number of rotatable bonds is 5. The molecule has 2 heterocycles. The van der Waals surface area contributed by atoms with Gasteiger partial charge in [-0.2, -0.15) is 0 Å². The van der Waals surface area contributed by atoms with Gasteiger partial charge < -0.3 is 0 Å². The van der Waals surface area contributed by atoms with Crippen molar-refractivity contribution in [1.29, 1.82) is 0 Å². The lowest BCUT2D eigenvalue weighted by Crippen LogP contribution is -2.43. The van der Waals surface area contributed by atoms with Gasteiger partial charge in [-0.15, -0.1) is 0 Å². The maximum atomic E-state index is 12.4. The maximum Gasteiger partial charge on any atom is 0.293 e. The number of hydrazine groups is 1. The predicted molar refractivity (Wildman–Crippen MR) is 104 cm³/mol. The van der Waals surface area contributed by atoms with Crippen molar-refractivity contribution in [3.63, 3.8) is 0 Å². The monoisotopic (exact) mass is 396 g/mol. The van der Waals surface area contributed by atoms with E-state index >= 15 is 0 Å². The number of carbonyl (C=O) groups is 4. The first-order valence-corrected chi connectivity index (χ1v) is 9.16. The molecule has 0 bridgehead atoms. The zero-order chi connectivity index (χ0) is 19.9. The summed E-state index contributed by atoms with van der Waals surface area (Å²) in [5.74, 6) is -1.48. The number of carbonyl (C=O) groups excluding carboxylic acids is 4. The van der Waals surface area contributed by atoms with E-state index in [1.165, 1.54) is 12.4 Å². The fourth-order valence-electron chi connectivity index (χ4n) is 2.36. The minimum absolute atomic E-state index is 0.0780. The smallest absolute Gasteiger partial charge is 0.273 e. The van der Waals surface area contributed by atoms with Crippen molar-refractivity contribution in [1.82, 2.24) is 20.7 Å². The Morgan fingerprint density at radius 2 is 1.86 bits per heavy atom. The number of aromatic nitrogens is 1. The van der Waals surface area contributed by atoms with Crippen molar-refractivity contribution in [2.45, 2.75) is 6.42 Å².